The topological polar surface area (TPSA) is 91.0 Å². The number of carboxylic acid groups (broad SMARTS) is 1. The number of hydrogen-bond acceptors (Lipinski definition) is 6. The molecule has 1 aliphatic carbocycles. The summed E-state index contributed by atoms with van der Waals surface area (Å²) in [6, 6.07) is 5.37. The number of benzene rings is 1. The molecule has 28 heavy (non-hydrogen) atoms. The number of fused-ring (bicyclic) bond motifs is 1. The van der Waals surface area contributed by atoms with Crippen LogP contribution >= 0.6 is 0 Å². The van der Waals surface area contributed by atoms with Crippen LogP contribution in [0.2, 0.25) is 0 Å². The maximum atomic E-state index is 14.9. The zero-order chi connectivity index (χ0) is 19.8. The fourth-order valence-corrected chi connectivity index (χ4v) is 3.96. The third-order valence-electron chi connectivity index (χ3n) is 5.68. The van der Waals surface area contributed by atoms with Crippen LogP contribution in [0, 0.1) is 17.1 Å². The van der Waals surface area contributed by atoms with Gasteiger partial charge in [0, 0.05) is 62.6 Å². The molecule has 7 nitrogen and oxygen atoms in total. The Hall–Kier alpha value is -2.63. The molecule has 3 aliphatic rings. The van der Waals surface area contributed by atoms with Crippen molar-refractivity contribution < 1.29 is 19.4 Å². The molecule has 148 valence electrons. The standard InChI is InChI=1S/C20H23FN4O3/c21-16-10-14-17(25(13-2-3-13)12-15(19(14)26)20(27)28)11-18(16)24-8-6-23(7-9-24)5-1-4-22/h10-13,19,26H,1-3,5-9H2,(H,27,28). The second-order valence-electron chi connectivity index (χ2n) is 7.53. The van der Waals surface area contributed by atoms with E-state index in [1.165, 1.54) is 12.3 Å². The number of aliphatic carboxylic acids is 1. The van der Waals surface area contributed by atoms with Crippen molar-refractivity contribution in [3.8, 4) is 6.07 Å². The second kappa shape index (κ2) is 7.41. The molecule has 8 heteroatoms. The van der Waals surface area contributed by atoms with Gasteiger partial charge in [-0.15, -0.1) is 0 Å². The molecule has 2 fully saturated rings. The Morgan fingerprint density at radius 1 is 1.21 bits per heavy atom. The molecule has 0 radical (unpaired) electrons. The second-order valence-corrected chi connectivity index (χ2v) is 7.53. The summed E-state index contributed by atoms with van der Waals surface area (Å²) in [6.45, 7) is 3.56. The summed E-state index contributed by atoms with van der Waals surface area (Å²) >= 11 is 0. The van der Waals surface area contributed by atoms with Crippen molar-refractivity contribution >= 4 is 17.3 Å². The average Bonchev–Trinajstić information content (AvgIpc) is 3.52. The Balaban J connectivity index is 1.61. The van der Waals surface area contributed by atoms with E-state index in [0.717, 1.165) is 32.5 Å². The third kappa shape index (κ3) is 3.43. The Morgan fingerprint density at radius 2 is 1.93 bits per heavy atom. The van der Waals surface area contributed by atoms with Gasteiger partial charge in [-0.1, -0.05) is 0 Å². The minimum Gasteiger partial charge on any atom is -0.478 e. The minimum atomic E-state index is -1.34. The van der Waals surface area contributed by atoms with Crippen molar-refractivity contribution in [3.63, 3.8) is 0 Å². The molecule has 0 amide bonds. The fourth-order valence-electron chi connectivity index (χ4n) is 3.96. The predicted octanol–water partition coefficient (Wildman–Crippen LogP) is 1.85. The Morgan fingerprint density at radius 3 is 2.54 bits per heavy atom. The lowest BCUT2D eigenvalue weighted by Crippen LogP contribution is -2.47. The van der Waals surface area contributed by atoms with Crippen molar-refractivity contribution in [2.75, 3.05) is 42.5 Å². The highest BCUT2D eigenvalue weighted by Crippen LogP contribution is 2.44. The van der Waals surface area contributed by atoms with Crippen LogP contribution in [-0.4, -0.2) is 59.8 Å². The fraction of sp³-hybridized carbons (Fsp3) is 0.500. The quantitative estimate of drug-likeness (QED) is 0.798. The van der Waals surface area contributed by atoms with Gasteiger partial charge >= 0.3 is 5.97 Å². The lowest BCUT2D eigenvalue weighted by atomic mass is 9.95. The van der Waals surface area contributed by atoms with E-state index >= 15 is 0 Å². The van der Waals surface area contributed by atoms with Gasteiger partial charge in [0.15, 0.2) is 0 Å². The molecule has 1 aromatic carbocycles. The lowest BCUT2D eigenvalue weighted by molar-refractivity contribution is -0.133. The van der Waals surface area contributed by atoms with Gasteiger partial charge < -0.3 is 20.0 Å². The number of carbonyl (C=O) groups is 1. The zero-order valence-electron chi connectivity index (χ0n) is 15.5. The first-order valence-corrected chi connectivity index (χ1v) is 9.58. The molecule has 1 saturated heterocycles. The molecular weight excluding hydrogens is 363 g/mol. The van der Waals surface area contributed by atoms with Crippen LogP contribution < -0.4 is 9.80 Å². The lowest BCUT2D eigenvalue weighted by Gasteiger charge is -2.37. The number of rotatable bonds is 5. The molecule has 2 aliphatic heterocycles. The highest BCUT2D eigenvalue weighted by Gasteiger charge is 2.38. The molecular formula is C20H23FN4O3. The first kappa shape index (κ1) is 18.7. The molecule has 1 atom stereocenters. The Bertz CT molecular complexity index is 854. The van der Waals surface area contributed by atoms with Crippen LogP contribution in [0.5, 0.6) is 0 Å². The van der Waals surface area contributed by atoms with Crippen LogP contribution in [0.25, 0.3) is 0 Å². The van der Waals surface area contributed by atoms with E-state index in [4.69, 9.17) is 5.26 Å². The largest absolute Gasteiger partial charge is 0.478 e. The molecule has 0 spiro atoms. The number of aliphatic hydroxyl groups is 1. The molecule has 1 unspecified atom stereocenters. The summed E-state index contributed by atoms with van der Waals surface area (Å²) in [5.74, 6) is -1.65. The molecule has 0 bridgehead atoms. The highest BCUT2D eigenvalue weighted by atomic mass is 19.1. The van der Waals surface area contributed by atoms with Gasteiger partial charge in [0.25, 0.3) is 0 Å². The molecule has 2 heterocycles. The summed E-state index contributed by atoms with van der Waals surface area (Å²) in [5.41, 5.74) is 1.34. The first-order chi connectivity index (χ1) is 13.5. The minimum absolute atomic E-state index is 0.127. The van der Waals surface area contributed by atoms with Gasteiger partial charge in [0.2, 0.25) is 0 Å². The van der Waals surface area contributed by atoms with Crippen molar-refractivity contribution in [1.82, 2.24) is 4.90 Å². The smallest absolute Gasteiger partial charge is 0.336 e. The molecule has 2 N–H and O–H groups in total. The molecule has 0 aromatic heterocycles. The van der Waals surface area contributed by atoms with E-state index in [2.05, 4.69) is 11.0 Å². The number of nitriles is 1. The zero-order valence-corrected chi connectivity index (χ0v) is 15.5. The van der Waals surface area contributed by atoms with E-state index in [9.17, 15) is 19.4 Å². The third-order valence-corrected chi connectivity index (χ3v) is 5.68. The van der Waals surface area contributed by atoms with Crippen LogP contribution in [0.15, 0.2) is 23.9 Å². The average molecular weight is 386 g/mol. The molecule has 1 aromatic rings. The van der Waals surface area contributed by atoms with Gasteiger partial charge in [0.05, 0.1) is 17.3 Å². The molecule has 4 rings (SSSR count). The van der Waals surface area contributed by atoms with E-state index in [1.54, 1.807) is 6.07 Å². The van der Waals surface area contributed by atoms with Gasteiger partial charge in [-0.2, -0.15) is 5.26 Å². The van der Waals surface area contributed by atoms with Crippen molar-refractivity contribution in [3.05, 3.63) is 35.3 Å². The van der Waals surface area contributed by atoms with E-state index in [1.807, 2.05) is 9.80 Å². The van der Waals surface area contributed by atoms with Gasteiger partial charge in [-0.05, 0) is 25.0 Å². The summed E-state index contributed by atoms with van der Waals surface area (Å²) < 4.78 is 14.9. The van der Waals surface area contributed by atoms with Gasteiger partial charge in [0.1, 0.15) is 11.9 Å². The SMILES string of the molecule is N#CCCN1CCN(c2cc3c(cc2F)C(O)C(C(=O)O)=CN3C2CC2)CC1. The maximum Gasteiger partial charge on any atom is 0.336 e. The first-order valence-electron chi connectivity index (χ1n) is 9.58. The van der Waals surface area contributed by atoms with E-state index in [0.29, 0.717) is 36.4 Å². The number of anilines is 2. The number of piperazine rings is 1. The van der Waals surface area contributed by atoms with Crippen molar-refractivity contribution in [2.45, 2.75) is 31.4 Å². The summed E-state index contributed by atoms with van der Waals surface area (Å²) in [6.07, 6.45) is 2.54. The van der Waals surface area contributed by atoms with E-state index < -0.39 is 17.9 Å². The predicted molar refractivity (Wildman–Crippen MR) is 101 cm³/mol. The number of hydrogen-bond donors (Lipinski definition) is 2. The van der Waals surface area contributed by atoms with Gasteiger partial charge in [-0.3, -0.25) is 4.90 Å². The Kier molecular flexibility index (Phi) is 4.96. The monoisotopic (exact) mass is 386 g/mol. The Labute approximate surface area is 162 Å². The van der Waals surface area contributed by atoms with Crippen LogP contribution in [-0.2, 0) is 4.79 Å². The van der Waals surface area contributed by atoms with E-state index in [-0.39, 0.29) is 11.6 Å². The summed E-state index contributed by atoms with van der Waals surface area (Å²) in [7, 11) is 0. The number of carboxylic acids is 1. The number of nitrogens with zero attached hydrogens (tertiary/aromatic N) is 4. The summed E-state index contributed by atoms with van der Waals surface area (Å²) in [5, 5.41) is 28.6. The van der Waals surface area contributed by atoms with Gasteiger partial charge in [-0.25, -0.2) is 9.18 Å². The van der Waals surface area contributed by atoms with Crippen molar-refractivity contribution in [2.24, 2.45) is 0 Å². The van der Waals surface area contributed by atoms with Crippen molar-refractivity contribution in [1.29, 1.82) is 5.26 Å². The normalized spacial score (nSPS) is 22.5. The van der Waals surface area contributed by atoms with Crippen LogP contribution in [0.4, 0.5) is 15.8 Å². The summed E-state index contributed by atoms with van der Waals surface area (Å²) in [4.78, 5) is 17.5. The number of aliphatic hydroxyl groups excluding tert-OH is 1. The number of halogens is 1. The molecule has 1 saturated carbocycles. The highest BCUT2D eigenvalue weighted by molar-refractivity contribution is 5.91. The van der Waals surface area contributed by atoms with Crippen LogP contribution in [0.1, 0.15) is 30.9 Å². The maximum absolute atomic E-state index is 14.9. The van der Waals surface area contributed by atoms with Crippen LogP contribution in [0.3, 0.4) is 0 Å².